The van der Waals surface area contributed by atoms with Gasteiger partial charge in [-0.1, -0.05) is 43.2 Å². The minimum atomic E-state index is 0.179. The zero-order chi connectivity index (χ0) is 16.7. The van der Waals surface area contributed by atoms with Crippen LogP contribution < -0.4 is 5.32 Å². The van der Waals surface area contributed by atoms with E-state index in [-0.39, 0.29) is 11.9 Å². The van der Waals surface area contributed by atoms with E-state index in [1.807, 2.05) is 0 Å². The lowest BCUT2D eigenvalue weighted by molar-refractivity contribution is -0.121. The fourth-order valence-electron chi connectivity index (χ4n) is 3.02. The Labute approximate surface area is 140 Å². The van der Waals surface area contributed by atoms with E-state index in [2.05, 4.69) is 60.3 Å². The number of likely N-dealkylation sites (N-methyl/N-ethyl adjacent to an activating group) is 1. The van der Waals surface area contributed by atoms with Crippen molar-refractivity contribution in [2.75, 3.05) is 39.8 Å². The maximum Gasteiger partial charge on any atom is 0.220 e. The third-order valence-electron chi connectivity index (χ3n) is 4.69. The van der Waals surface area contributed by atoms with Gasteiger partial charge in [-0.05, 0) is 26.0 Å². The topological polar surface area (TPSA) is 35.6 Å². The van der Waals surface area contributed by atoms with E-state index in [1.165, 1.54) is 11.1 Å². The molecule has 1 heterocycles. The molecule has 1 aliphatic rings. The summed E-state index contributed by atoms with van der Waals surface area (Å²) in [6.45, 7) is 9.22. The molecule has 2 rings (SSSR count). The molecule has 0 saturated carbocycles. The van der Waals surface area contributed by atoms with Crippen LogP contribution in [-0.4, -0.2) is 55.5 Å². The first kappa shape index (κ1) is 18.0. The normalized spacial score (nSPS) is 17.9. The van der Waals surface area contributed by atoms with Crippen LogP contribution in [0.4, 0.5) is 0 Å². The molecule has 0 aromatic heterocycles. The highest BCUT2D eigenvalue weighted by Gasteiger charge is 2.24. The number of hydrogen-bond donors (Lipinski definition) is 1. The SMILES string of the molecule is CCCCC(=O)NCC(c1ccc(C)cc1)N1CCN(C)CC1. The van der Waals surface area contributed by atoms with Crippen LogP contribution in [0.2, 0.25) is 0 Å². The van der Waals surface area contributed by atoms with Crippen LogP contribution in [0.15, 0.2) is 24.3 Å². The summed E-state index contributed by atoms with van der Waals surface area (Å²) in [6, 6.07) is 9.01. The molecule has 1 aromatic carbocycles. The number of aryl methyl sites for hydroxylation is 1. The van der Waals surface area contributed by atoms with E-state index in [0.717, 1.165) is 39.0 Å². The Morgan fingerprint density at radius 3 is 2.43 bits per heavy atom. The van der Waals surface area contributed by atoms with Gasteiger partial charge < -0.3 is 10.2 Å². The molecular formula is C19H31N3O. The molecule has 0 radical (unpaired) electrons. The number of nitrogens with zero attached hydrogens (tertiary/aromatic N) is 2. The molecule has 1 unspecified atom stereocenters. The van der Waals surface area contributed by atoms with Crippen molar-refractivity contribution >= 4 is 5.91 Å². The smallest absolute Gasteiger partial charge is 0.220 e. The summed E-state index contributed by atoms with van der Waals surface area (Å²) in [5.41, 5.74) is 2.58. The highest BCUT2D eigenvalue weighted by molar-refractivity contribution is 5.75. The highest BCUT2D eigenvalue weighted by Crippen LogP contribution is 2.22. The number of amides is 1. The maximum atomic E-state index is 12.0. The van der Waals surface area contributed by atoms with Crippen LogP contribution in [0.5, 0.6) is 0 Å². The number of rotatable bonds is 7. The number of nitrogens with one attached hydrogen (secondary N) is 1. The minimum absolute atomic E-state index is 0.179. The lowest BCUT2D eigenvalue weighted by atomic mass is 10.0. The second-order valence-electron chi connectivity index (χ2n) is 6.67. The fourth-order valence-corrected chi connectivity index (χ4v) is 3.02. The molecule has 1 aromatic rings. The van der Waals surface area contributed by atoms with E-state index in [4.69, 9.17) is 0 Å². The van der Waals surface area contributed by atoms with Crippen molar-refractivity contribution in [2.24, 2.45) is 0 Å². The van der Waals surface area contributed by atoms with Crippen molar-refractivity contribution in [3.8, 4) is 0 Å². The predicted molar refractivity (Wildman–Crippen MR) is 95.5 cm³/mol. The number of unbranched alkanes of at least 4 members (excludes halogenated alkanes) is 1. The van der Waals surface area contributed by atoms with Crippen molar-refractivity contribution in [2.45, 2.75) is 39.2 Å². The molecule has 1 amide bonds. The van der Waals surface area contributed by atoms with E-state index in [9.17, 15) is 4.79 Å². The third kappa shape index (κ3) is 5.63. The van der Waals surface area contributed by atoms with Gasteiger partial charge in [-0.2, -0.15) is 0 Å². The van der Waals surface area contributed by atoms with Gasteiger partial charge in [-0.25, -0.2) is 0 Å². The second kappa shape index (κ2) is 9.04. The van der Waals surface area contributed by atoms with Gasteiger partial charge in [0.1, 0.15) is 0 Å². The van der Waals surface area contributed by atoms with E-state index in [0.29, 0.717) is 13.0 Å². The van der Waals surface area contributed by atoms with Crippen LogP contribution in [0, 0.1) is 6.92 Å². The molecule has 1 atom stereocenters. The number of hydrogen-bond acceptors (Lipinski definition) is 3. The molecule has 0 bridgehead atoms. The number of carbonyl (C=O) groups is 1. The van der Waals surface area contributed by atoms with Crippen LogP contribution in [0.1, 0.15) is 43.4 Å². The Balaban J connectivity index is 2.02. The Hall–Kier alpha value is -1.39. The Morgan fingerprint density at radius 1 is 1.17 bits per heavy atom. The predicted octanol–water partition coefficient (Wildman–Crippen LogP) is 2.59. The van der Waals surface area contributed by atoms with E-state index in [1.54, 1.807) is 0 Å². The number of benzene rings is 1. The first-order valence-electron chi connectivity index (χ1n) is 8.86. The van der Waals surface area contributed by atoms with Crippen LogP contribution in [0.3, 0.4) is 0 Å². The standard InChI is InChI=1S/C19H31N3O/c1-4-5-6-19(23)20-15-18(17-9-7-16(2)8-10-17)22-13-11-21(3)12-14-22/h7-10,18H,4-6,11-15H2,1-3H3,(H,20,23). The van der Waals surface area contributed by atoms with Gasteiger partial charge in [-0.15, -0.1) is 0 Å². The summed E-state index contributed by atoms with van der Waals surface area (Å²) in [7, 11) is 2.17. The monoisotopic (exact) mass is 317 g/mol. The van der Waals surface area contributed by atoms with Crippen LogP contribution >= 0.6 is 0 Å². The summed E-state index contributed by atoms with van der Waals surface area (Å²) >= 11 is 0. The molecule has 1 saturated heterocycles. The lowest BCUT2D eigenvalue weighted by Gasteiger charge is -2.38. The van der Waals surface area contributed by atoms with Crippen molar-refractivity contribution in [3.05, 3.63) is 35.4 Å². The molecule has 1 aliphatic heterocycles. The van der Waals surface area contributed by atoms with Gasteiger partial charge in [0.2, 0.25) is 5.91 Å². The largest absolute Gasteiger partial charge is 0.354 e. The summed E-state index contributed by atoms with van der Waals surface area (Å²) in [4.78, 5) is 16.9. The van der Waals surface area contributed by atoms with Gasteiger partial charge in [0, 0.05) is 39.1 Å². The molecule has 0 spiro atoms. The first-order valence-corrected chi connectivity index (χ1v) is 8.86. The Bertz CT molecular complexity index is 478. The average Bonchev–Trinajstić information content (AvgIpc) is 2.56. The quantitative estimate of drug-likeness (QED) is 0.839. The summed E-state index contributed by atoms with van der Waals surface area (Å²) in [6.07, 6.45) is 2.67. The zero-order valence-electron chi connectivity index (χ0n) is 14.8. The van der Waals surface area contributed by atoms with Crippen molar-refractivity contribution in [3.63, 3.8) is 0 Å². The first-order chi connectivity index (χ1) is 11.1. The molecule has 4 heteroatoms. The molecular weight excluding hydrogens is 286 g/mol. The van der Waals surface area contributed by atoms with Crippen molar-refractivity contribution in [1.82, 2.24) is 15.1 Å². The molecule has 128 valence electrons. The van der Waals surface area contributed by atoms with Gasteiger partial charge in [-0.3, -0.25) is 9.69 Å². The third-order valence-corrected chi connectivity index (χ3v) is 4.69. The molecule has 0 aliphatic carbocycles. The maximum absolute atomic E-state index is 12.0. The summed E-state index contributed by atoms with van der Waals surface area (Å²) in [5, 5.41) is 3.14. The number of carbonyl (C=O) groups excluding carboxylic acids is 1. The minimum Gasteiger partial charge on any atom is -0.354 e. The molecule has 1 fully saturated rings. The van der Waals surface area contributed by atoms with Gasteiger partial charge in [0.05, 0.1) is 6.04 Å². The van der Waals surface area contributed by atoms with E-state index >= 15 is 0 Å². The van der Waals surface area contributed by atoms with Crippen LogP contribution in [0.25, 0.3) is 0 Å². The Morgan fingerprint density at radius 2 is 1.83 bits per heavy atom. The average molecular weight is 317 g/mol. The number of piperazine rings is 1. The molecule has 1 N–H and O–H groups in total. The van der Waals surface area contributed by atoms with Crippen molar-refractivity contribution in [1.29, 1.82) is 0 Å². The van der Waals surface area contributed by atoms with Gasteiger partial charge >= 0.3 is 0 Å². The summed E-state index contributed by atoms with van der Waals surface area (Å²) < 4.78 is 0. The zero-order valence-corrected chi connectivity index (χ0v) is 14.8. The summed E-state index contributed by atoms with van der Waals surface area (Å²) in [5.74, 6) is 0.179. The lowest BCUT2D eigenvalue weighted by Crippen LogP contribution is -2.48. The second-order valence-corrected chi connectivity index (χ2v) is 6.67. The van der Waals surface area contributed by atoms with E-state index < -0.39 is 0 Å². The van der Waals surface area contributed by atoms with Gasteiger partial charge in [0.25, 0.3) is 0 Å². The van der Waals surface area contributed by atoms with Crippen LogP contribution in [-0.2, 0) is 4.79 Å². The molecule has 4 nitrogen and oxygen atoms in total. The van der Waals surface area contributed by atoms with Gasteiger partial charge in [0.15, 0.2) is 0 Å². The Kier molecular flexibility index (Phi) is 7.06. The highest BCUT2D eigenvalue weighted by atomic mass is 16.1. The molecule has 23 heavy (non-hydrogen) atoms. The van der Waals surface area contributed by atoms with Crippen molar-refractivity contribution < 1.29 is 4.79 Å². The fraction of sp³-hybridized carbons (Fsp3) is 0.632.